The molecule has 0 fully saturated rings. The Labute approximate surface area is 127 Å². The van der Waals surface area contributed by atoms with Gasteiger partial charge in [-0.3, -0.25) is 0 Å². The Balaban J connectivity index is 1.95. The Morgan fingerprint density at radius 3 is 2.48 bits per heavy atom. The van der Waals surface area contributed by atoms with E-state index in [0.29, 0.717) is 6.54 Å². The Morgan fingerprint density at radius 2 is 1.86 bits per heavy atom. The van der Waals surface area contributed by atoms with Gasteiger partial charge in [-0.05, 0) is 28.1 Å². The molecule has 0 aliphatic carbocycles. The van der Waals surface area contributed by atoms with E-state index in [1.807, 2.05) is 24.3 Å². The molecule has 1 aromatic heterocycles. The minimum atomic E-state index is -0.367. The largest absolute Gasteiger partial charge is 0.497 e. The van der Waals surface area contributed by atoms with Gasteiger partial charge in [0.2, 0.25) is 5.16 Å². The van der Waals surface area contributed by atoms with Crippen molar-refractivity contribution in [3.8, 4) is 5.75 Å². The monoisotopic (exact) mass is 310 g/mol. The summed E-state index contributed by atoms with van der Waals surface area (Å²) in [6.07, 6.45) is -0.367. The van der Waals surface area contributed by atoms with Crippen molar-refractivity contribution in [1.82, 2.24) is 20.2 Å². The van der Waals surface area contributed by atoms with Crippen molar-refractivity contribution in [3.05, 3.63) is 29.8 Å². The highest BCUT2D eigenvalue weighted by molar-refractivity contribution is 7.98. The highest BCUT2D eigenvalue weighted by Crippen LogP contribution is 2.21. The predicted octanol–water partition coefficient (Wildman–Crippen LogP) is 1.59. The number of thioether (sulfide) groups is 1. The molecule has 0 aliphatic heterocycles. The molecule has 8 heteroatoms. The van der Waals surface area contributed by atoms with Crippen molar-refractivity contribution in [3.63, 3.8) is 0 Å². The minimum absolute atomic E-state index is 0.367. The second-order valence-electron chi connectivity index (χ2n) is 4.18. The summed E-state index contributed by atoms with van der Waals surface area (Å²) in [5.41, 5.74) is 1.17. The van der Waals surface area contributed by atoms with Crippen LogP contribution >= 0.6 is 11.8 Å². The first-order chi connectivity index (χ1) is 10.3. The van der Waals surface area contributed by atoms with Crippen molar-refractivity contribution < 1.29 is 14.2 Å². The van der Waals surface area contributed by atoms with Crippen LogP contribution in [0.25, 0.3) is 0 Å². The maximum atomic E-state index is 5.15. The fraction of sp³-hybridized carbons (Fsp3) is 0.462. The van der Waals surface area contributed by atoms with Crippen LogP contribution in [0.3, 0.4) is 0 Å². The van der Waals surface area contributed by atoms with Crippen LogP contribution in [0.4, 0.5) is 0 Å². The van der Waals surface area contributed by atoms with Crippen LogP contribution in [0.5, 0.6) is 5.75 Å². The van der Waals surface area contributed by atoms with E-state index in [0.717, 1.165) is 16.7 Å². The maximum Gasteiger partial charge on any atom is 0.209 e. The standard InChI is InChI=1S/C13H18N4O3S/c1-18-11-6-4-10(5-7-11)9-21-13-14-15-16-17(13)8-12(19-2)20-3/h4-7,12H,8-9H2,1-3H3. The molecule has 0 saturated carbocycles. The number of ether oxygens (including phenoxy) is 3. The van der Waals surface area contributed by atoms with Gasteiger partial charge in [-0.2, -0.15) is 0 Å². The molecule has 0 bridgehead atoms. The van der Waals surface area contributed by atoms with Crippen LogP contribution in [0, 0.1) is 0 Å². The maximum absolute atomic E-state index is 5.15. The molecular weight excluding hydrogens is 292 g/mol. The smallest absolute Gasteiger partial charge is 0.209 e. The molecule has 2 aromatic rings. The minimum Gasteiger partial charge on any atom is -0.497 e. The van der Waals surface area contributed by atoms with Gasteiger partial charge in [-0.15, -0.1) is 5.10 Å². The number of tetrazole rings is 1. The zero-order valence-corrected chi connectivity index (χ0v) is 13.0. The van der Waals surface area contributed by atoms with E-state index in [2.05, 4.69) is 15.5 Å². The van der Waals surface area contributed by atoms with Gasteiger partial charge in [-0.25, -0.2) is 4.68 Å². The van der Waals surface area contributed by atoms with E-state index in [1.165, 1.54) is 5.56 Å². The summed E-state index contributed by atoms with van der Waals surface area (Å²) in [5.74, 6) is 1.62. The molecule has 0 saturated heterocycles. The molecule has 0 N–H and O–H groups in total. The molecule has 0 atom stereocenters. The van der Waals surface area contributed by atoms with Gasteiger partial charge in [-0.1, -0.05) is 23.9 Å². The fourth-order valence-corrected chi connectivity index (χ4v) is 2.51. The summed E-state index contributed by atoms with van der Waals surface area (Å²) in [7, 11) is 4.82. The summed E-state index contributed by atoms with van der Waals surface area (Å²) in [6, 6.07) is 7.91. The quantitative estimate of drug-likeness (QED) is 0.541. The third kappa shape index (κ3) is 4.42. The molecule has 114 valence electrons. The first-order valence-corrected chi connectivity index (χ1v) is 7.33. The number of rotatable bonds is 8. The molecule has 0 aliphatic rings. The second kappa shape index (κ2) is 7.96. The molecule has 2 rings (SSSR count). The SMILES string of the molecule is COc1ccc(CSc2nnnn2CC(OC)OC)cc1. The zero-order chi connectivity index (χ0) is 15.1. The number of benzene rings is 1. The summed E-state index contributed by atoms with van der Waals surface area (Å²) in [4.78, 5) is 0. The van der Waals surface area contributed by atoms with Crippen molar-refractivity contribution >= 4 is 11.8 Å². The van der Waals surface area contributed by atoms with E-state index < -0.39 is 0 Å². The highest BCUT2D eigenvalue weighted by Gasteiger charge is 2.13. The first-order valence-electron chi connectivity index (χ1n) is 6.34. The molecule has 21 heavy (non-hydrogen) atoms. The third-order valence-corrected chi connectivity index (χ3v) is 3.90. The van der Waals surface area contributed by atoms with Crippen LogP contribution in [-0.4, -0.2) is 47.8 Å². The second-order valence-corrected chi connectivity index (χ2v) is 5.12. The van der Waals surface area contributed by atoms with Crippen molar-refractivity contribution in [2.45, 2.75) is 23.7 Å². The van der Waals surface area contributed by atoms with Crippen LogP contribution < -0.4 is 4.74 Å². The first kappa shape index (κ1) is 15.7. The highest BCUT2D eigenvalue weighted by atomic mass is 32.2. The molecule has 0 radical (unpaired) electrons. The molecule has 0 amide bonds. The van der Waals surface area contributed by atoms with Crippen molar-refractivity contribution in [2.75, 3.05) is 21.3 Å². The van der Waals surface area contributed by atoms with Gasteiger partial charge in [0.05, 0.1) is 13.7 Å². The normalized spacial score (nSPS) is 11.0. The summed E-state index contributed by atoms with van der Waals surface area (Å²) in [6.45, 7) is 0.449. The van der Waals surface area contributed by atoms with Gasteiger partial charge in [0, 0.05) is 20.0 Å². The lowest BCUT2D eigenvalue weighted by atomic mass is 10.2. The summed E-state index contributed by atoms with van der Waals surface area (Å²) in [5, 5.41) is 12.4. The number of hydrogen-bond acceptors (Lipinski definition) is 7. The topological polar surface area (TPSA) is 71.3 Å². The van der Waals surface area contributed by atoms with Gasteiger partial charge in [0.1, 0.15) is 5.75 Å². The van der Waals surface area contributed by atoms with Crippen molar-refractivity contribution in [1.29, 1.82) is 0 Å². The predicted molar refractivity (Wildman–Crippen MR) is 78.2 cm³/mol. The van der Waals surface area contributed by atoms with E-state index in [1.54, 1.807) is 37.8 Å². The Bertz CT molecular complexity index is 543. The van der Waals surface area contributed by atoms with E-state index >= 15 is 0 Å². The van der Waals surface area contributed by atoms with Gasteiger partial charge in [0.25, 0.3) is 0 Å². The third-order valence-electron chi connectivity index (χ3n) is 2.87. The lowest BCUT2D eigenvalue weighted by Gasteiger charge is -2.13. The molecule has 1 aromatic carbocycles. The van der Waals surface area contributed by atoms with Gasteiger partial charge >= 0.3 is 0 Å². The van der Waals surface area contributed by atoms with Crippen LogP contribution in [0.2, 0.25) is 0 Å². The van der Waals surface area contributed by atoms with E-state index in [9.17, 15) is 0 Å². The summed E-state index contributed by atoms with van der Waals surface area (Å²) >= 11 is 1.56. The van der Waals surface area contributed by atoms with E-state index in [4.69, 9.17) is 14.2 Å². The molecule has 0 spiro atoms. The van der Waals surface area contributed by atoms with Crippen LogP contribution in [-0.2, 0) is 21.8 Å². The zero-order valence-electron chi connectivity index (χ0n) is 12.2. The lowest BCUT2D eigenvalue weighted by molar-refractivity contribution is -0.113. The Kier molecular flexibility index (Phi) is 5.97. The number of methoxy groups -OCH3 is 3. The van der Waals surface area contributed by atoms with Crippen LogP contribution in [0.15, 0.2) is 29.4 Å². The number of hydrogen-bond donors (Lipinski definition) is 0. The van der Waals surface area contributed by atoms with Crippen LogP contribution in [0.1, 0.15) is 5.56 Å². The Hall–Kier alpha value is -1.64. The average molecular weight is 310 g/mol. The van der Waals surface area contributed by atoms with Gasteiger partial charge < -0.3 is 14.2 Å². The number of nitrogens with zero attached hydrogens (tertiary/aromatic N) is 4. The number of aromatic nitrogens is 4. The fourth-order valence-electron chi connectivity index (χ4n) is 1.67. The molecular formula is C13H18N4O3S. The van der Waals surface area contributed by atoms with Gasteiger partial charge in [0.15, 0.2) is 6.29 Å². The Morgan fingerprint density at radius 1 is 1.14 bits per heavy atom. The average Bonchev–Trinajstić information content (AvgIpc) is 2.98. The summed E-state index contributed by atoms with van der Waals surface area (Å²) < 4.78 is 17.1. The lowest BCUT2D eigenvalue weighted by Crippen LogP contribution is -2.21. The molecule has 0 unspecified atom stereocenters. The molecule has 1 heterocycles. The van der Waals surface area contributed by atoms with E-state index in [-0.39, 0.29) is 6.29 Å². The molecule has 7 nitrogen and oxygen atoms in total. The van der Waals surface area contributed by atoms with Crippen molar-refractivity contribution in [2.24, 2.45) is 0 Å².